The van der Waals surface area contributed by atoms with Crippen molar-refractivity contribution in [1.29, 1.82) is 0 Å². The molecule has 0 bridgehead atoms. The second-order valence-corrected chi connectivity index (χ2v) is 2.97. The molecule has 0 aliphatic carbocycles. The molecule has 1 N–H and O–H groups in total. The first-order valence-electron chi connectivity index (χ1n) is 3.18. The number of fused-ring (bicyclic) bond motifs is 1. The summed E-state index contributed by atoms with van der Waals surface area (Å²) in [5.41, 5.74) is 0.802. The fourth-order valence-electron chi connectivity index (χ4n) is 0.945. The molecule has 0 aliphatic rings. The van der Waals surface area contributed by atoms with Crippen molar-refractivity contribution in [2.24, 2.45) is 0 Å². The van der Waals surface area contributed by atoms with Gasteiger partial charge in [0, 0.05) is 0 Å². The number of rotatable bonds is 0. The molecule has 2 rings (SSSR count). The van der Waals surface area contributed by atoms with Crippen molar-refractivity contribution in [2.45, 2.75) is 0 Å². The zero-order valence-electron chi connectivity index (χ0n) is 5.61. The van der Waals surface area contributed by atoms with Gasteiger partial charge in [-0.2, -0.15) is 4.86 Å². The van der Waals surface area contributed by atoms with Gasteiger partial charge in [0.25, 0.3) is 0 Å². The lowest BCUT2D eigenvalue weighted by Crippen LogP contribution is -1.95. The zero-order chi connectivity index (χ0) is 7.68. The van der Waals surface area contributed by atoms with E-state index in [4.69, 9.17) is 0 Å². The summed E-state index contributed by atoms with van der Waals surface area (Å²) in [5, 5.41) is 3.57. The number of H-pyrrole nitrogens is 1. The minimum atomic E-state index is 0.0550. The monoisotopic (exact) mass is 164 g/mol. The molecule has 0 aliphatic heterocycles. The summed E-state index contributed by atoms with van der Waals surface area (Å²) < 4.78 is 0. The van der Waals surface area contributed by atoms with Crippen LogP contribution < -0.4 is 5.16 Å². The molecular formula is C7H5N2OP. The molecule has 0 radical (unpaired) electrons. The van der Waals surface area contributed by atoms with E-state index in [9.17, 15) is 4.79 Å². The van der Waals surface area contributed by atoms with Crippen LogP contribution in [0.5, 0.6) is 0 Å². The van der Waals surface area contributed by atoms with Crippen LogP contribution in [0.15, 0.2) is 29.1 Å². The van der Waals surface area contributed by atoms with Gasteiger partial charge in [0.05, 0.1) is 10.9 Å². The van der Waals surface area contributed by atoms with E-state index in [-0.39, 0.29) is 5.16 Å². The summed E-state index contributed by atoms with van der Waals surface area (Å²) in [6, 6.07) is 7.36. The van der Waals surface area contributed by atoms with Crippen molar-refractivity contribution in [3.8, 4) is 0 Å². The lowest BCUT2D eigenvalue weighted by Gasteiger charge is -1.91. The van der Waals surface area contributed by atoms with Gasteiger partial charge in [-0.15, -0.1) is 0 Å². The number of para-hydroxylation sites is 1. The molecule has 0 saturated heterocycles. The minimum absolute atomic E-state index is 0.0550. The summed E-state index contributed by atoms with van der Waals surface area (Å²) in [6.45, 7) is 0. The van der Waals surface area contributed by atoms with Crippen molar-refractivity contribution in [3.05, 3.63) is 34.2 Å². The van der Waals surface area contributed by atoms with Crippen LogP contribution >= 0.6 is 8.35 Å². The average Bonchev–Trinajstić information content (AvgIpc) is 2.06. The van der Waals surface area contributed by atoms with Crippen molar-refractivity contribution in [3.63, 3.8) is 0 Å². The van der Waals surface area contributed by atoms with E-state index in [1.165, 1.54) is 0 Å². The third-order valence-corrected chi connectivity index (χ3v) is 2.09. The second-order valence-electron chi connectivity index (χ2n) is 2.16. The first-order valence-corrected chi connectivity index (χ1v) is 4.03. The maximum atomic E-state index is 11.1. The van der Waals surface area contributed by atoms with Crippen molar-refractivity contribution < 1.29 is 0 Å². The van der Waals surface area contributed by atoms with Gasteiger partial charge in [0.15, 0.2) is 0 Å². The Bertz CT molecular complexity index is 432. The van der Waals surface area contributed by atoms with Crippen molar-refractivity contribution in [2.75, 3.05) is 0 Å². The fraction of sp³-hybridized carbons (Fsp3) is 0. The molecule has 4 heteroatoms. The number of aromatic nitrogens is 2. The van der Waals surface area contributed by atoms with Crippen LogP contribution in [-0.4, -0.2) is 9.96 Å². The van der Waals surface area contributed by atoms with Crippen LogP contribution in [-0.2, 0) is 0 Å². The number of aromatic amines is 1. The van der Waals surface area contributed by atoms with Crippen molar-refractivity contribution >= 4 is 19.3 Å². The molecule has 54 valence electrons. The molecule has 3 nitrogen and oxygen atoms in total. The molecule has 1 heterocycles. The Morgan fingerprint density at radius 2 is 2.18 bits per heavy atom. The van der Waals surface area contributed by atoms with E-state index in [2.05, 4.69) is 9.96 Å². The van der Waals surface area contributed by atoms with Gasteiger partial charge in [0.2, 0.25) is 5.16 Å². The Kier molecular flexibility index (Phi) is 1.44. The molecule has 11 heavy (non-hydrogen) atoms. The van der Waals surface area contributed by atoms with Gasteiger partial charge in [-0.1, -0.05) is 12.1 Å². The molecule has 0 unspecified atom stereocenters. The Hall–Kier alpha value is -1.21. The molecule has 2 aromatic rings. The molecule has 0 saturated carbocycles. The lowest BCUT2D eigenvalue weighted by molar-refractivity contribution is 1.18. The predicted molar refractivity (Wildman–Crippen MR) is 44.9 cm³/mol. The van der Waals surface area contributed by atoms with Gasteiger partial charge in [-0.3, -0.25) is 9.89 Å². The number of hydrogen-bond acceptors (Lipinski definition) is 2. The predicted octanol–water partition coefficient (Wildman–Crippen LogP) is 1.50. The SMILES string of the molecule is O=c1pn[nH]c2ccccc12. The van der Waals surface area contributed by atoms with Gasteiger partial charge in [-0.25, -0.2) is 0 Å². The molecule has 0 atom stereocenters. The first-order chi connectivity index (χ1) is 5.38. The first kappa shape index (κ1) is 6.50. The Balaban J connectivity index is 3.03. The van der Waals surface area contributed by atoms with E-state index in [0.29, 0.717) is 8.35 Å². The molecule has 0 amide bonds. The van der Waals surface area contributed by atoms with E-state index in [1.807, 2.05) is 18.2 Å². The molecule has 1 aromatic heterocycles. The highest BCUT2D eigenvalue weighted by Gasteiger charge is 1.94. The number of nitrogens with one attached hydrogen (secondary N) is 1. The van der Waals surface area contributed by atoms with Crippen LogP contribution in [0.1, 0.15) is 0 Å². The highest BCUT2D eigenvalue weighted by molar-refractivity contribution is 7.24. The third kappa shape index (κ3) is 1.03. The fourth-order valence-corrected chi connectivity index (χ4v) is 1.50. The maximum absolute atomic E-state index is 11.1. The van der Waals surface area contributed by atoms with Crippen LogP contribution in [0.4, 0.5) is 0 Å². The quantitative estimate of drug-likeness (QED) is 0.641. The zero-order valence-corrected chi connectivity index (χ0v) is 6.51. The summed E-state index contributed by atoms with van der Waals surface area (Å²) in [4.78, 5) is 14.9. The number of benzene rings is 1. The second kappa shape index (κ2) is 2.44. The maximum Gasteiger partial charge on any atom is 0.234 e. The van der Waals surface area contributed by atoms with E-state index in [1.54, 1.807) is 6.07 Å². The van der Waals surface area contributed by atoms with Crippen LogP contribution in [0.2, 0.25) is 0 Å². The average molecular weight is 164 g/mol. The molecule has 1 aromatic carbocycles. The minimum Gasteiger partial charge on any atom is -0.282 e. The molecule has 0 spiro atoms. The topological polar surface area (TPSA) is 45.8 Å². The Morgan fingerprint density at radius 1 is 1.36 bits per heavy atom. The summed E-state index contributed by atoms with van der Waals surface area (Å²) in [5.74, 6) is 0. The van der Waals surface area contributed by atoms with Crippen LogP contribution in [0.3, 0.4) is 0 Å². The highest BCUT2D eigenvalue weighted by Crippen LogP contribution is 2.05. The van der Waals surface area contributed by atoms with Gasteiger partial charge >= 0.3 is 0 Å². The van der Waals surface area contributed by atoms with E-state index < -0.39 is 0 Å². The van der Waals surface area contributed by atoms with Crippen LogP contribution in [0.25, 0.3) is 10.9 Å². The van der Waals surface area contributed by atoms with Crippen molar-refractivity contribution in [1.82, 2.24) is 9.96 Å². The van der Waals surface area contributed by atoms with Crippen LogP contribution in [0, 0.1) is 0 Å². The number of nitrogens with zero attached hydrogens (tertiary/aromatic N) is 1. The van der Waals surface area contributed by atoms with E-state index >= 15 is 0 Å². The Labute approximate surface area is 64.2 Å². The third-order valence-electron chi connectivity index (χ3n) is 1.47. The smallest absolute Gasteiger partial charge is 0.234 e. The summed E-state index contributed by atoms with van der Waals surface area (Å²) in [6.07, 6.45) is 0. The largest absolute Gasteiger partial charge is 0.282 e. The van der Waals surface area contributed by atoms with Gasteiger partial charge in [-0.05, 0) is 12.1 Å². The standard InChI is InChI=1S/C7H5N2OP/c10-7-5-3-1-2-4-6(5)8-9-11-7/h1-4H,(H,8,10). The Morgan fingerprint density at radius 3 is 3.00 bits per heavy atom. The highest BCUT2D eigenvalue weighted by atomic mass is 31.0. The van der Waals surface area contributed by atoms with Gasteiger partial charge < -0.3 is 0 Å². The molecular weight excluding hydrogens is 159 g/mol. The summed E-state index contributed by atoms with van der Waals surface area (Å²) in [7, 11) is 0.477. The summed E-state index contributed by atoms with van der Waals surface area (Å²) >= 11 is 0. The van der Waals surface area contributed by atoms with E-state index in [0.717, 1.165) is 10.9 Å². The number of hydrogen-bond donors (Lipinski definition) is 1. The van der Waals surface area contributed by atoms with Gasteiger partial charge in [0.1, 0.15) is 8.35 Å². The molecule has 0 fully saturated rings. The normalized spacial score (nSPS) is 10.9. The lowest BCUT2D eigenvalue weighted by atomic mass is 10.3.